The van der Waals surface area contributed by atoms with Gasteiger partial charge in [-0.05, 0) is 43.2 Å². The minimum absolute atomic E-state index is 0.0511. The largest absolute Gasteiger partial charge is 0.343 e. The summed E-state index contributed by atoms with van der Waals surface area (Å²) >= 11 is 0. The van der Waals surface area contributed by atoms with E-state index in [2.05, 4.69) is 18.3 Å². The number of anilines is 1. The molecule has 2 amide bonds. The normalized spacial score (nSPS) is 26.4. The first-order valence-corrected chi connectivity index (χ1v) is 9.20. The number of fused-ring (bicyclic) bond motifs is 1. The van der Waals surface area contributed by atoms with Crippen molar-refractivity contribution in [2.75, 3.05) is 12.4 Å². The smallest absolute Gasteiger partial charge is 0.227 e. The molecule has 2 aliphatic rings. The minimum Gasteiger partial charge on any atom is -0.343 e. The summed E-state index contributed by atoms with van der Waals surface area (Å²) in [4.78, 5) is 26.8. The van der Waals surface area contributed by atoms with Gasteiger partial charge in [-0.25, -0.2) is 0 Å². The summed E-state index contributed by atoms with van der Waals surface area (Å²) in [7, 11) is 1.94. The first-order chi connectivity index (χ1) is 11.6. The molecule has 1 N–H and O–H groups in total. The predicted octanol–water partition coefficient (Wildman–Crippen LogP) is 3.61. The van der Waals surface area contributed by atoms with Crippen molar-refractivity contribution in [3.8, 4) is 0 Å². The molecule has 0 radical (unpaired) electrons. The van der Waals surface area contributed by atoms with Crippen LogP contribution in [0.5, 0.6) is 0 Å². The first-order valence-electron chi connectivity index (χ1n) is 9.20. The molecule has 3 unspecified atom stereocenters. The molecule has 1 aliphatic carbocycles. The lowest BCUT2D eigenvalue weighted by Crippen LogP contribution is -2.43. The Morgan fingerprint density at radius 3 is 2.79 bits per heavy atom. The third kappa shape index (κ3) is 3.63. The SMILES string of the molecule is CC1CCCCC1N(C)C(=O)CCC1Cc2ccccc2NC1=O. The van der Waals surface area contributed by atoms with Gasteiger partial charge in [-0.1, -0.05) is 38.0 Å². The van der Waals surface area contributed by atoms with E-state index in [1.165, 1.54) is 24.8 Å². The Morgan fingerprint density at radius 1 is 1.25 bits per heavy atom. The molecule has 130 valence electrons. The van der Waals surface area contributed by atoms with Gasteiger partial charge < -0.3 is 10.2 Å². The fourth-order valence-electron chi connectivity index (χ4n) is 4.18. The van der Waals surface area contributed by atoms with Crippen LogP contribution in [0.1, 0.15) is 51.0 Å². The van der Waals surface area contributed by atoms with Crippen molar-refractivity contribution in [1.82, 2.24) is 4.90 Å². The second-order valence-electron chi connectivity index (χ2n) is 7.42. The summed E-state index contributed by atoms with van der Waals surface area (Å²) in [6.07, 6.45) is 6.64. The van der Waals surface area contributed by atoms with Crippen molar-refractivity contribution < 1.29 is 9.59 Å². The molecule has 1 aromatic carbocycles. The monoisotopic (exact) mass is 328 g/mol. The topological polar surface area (TPSA) is 49.4 Å². The number of nitrogens with zero attached hydrogens (tertiary/aromatic N) is 1. The molecule has 24 heavy (non-hydrogen) atoms. The zero-order valence-electron chi connectivity index (χ0n) is 14.8. The maximum Gasteiger partial charge on any atom is 0.227 e. The number of carbonyl (C=O) groups is 2. The summed E-state index contributed by atoms with van der Waals surface area (Å²) in [5.41, 5.74) is 2.09. The Bertz CT molecular complexity index is 613. The molecule has 1 heterocycles. The van der Waals surface area contributed by atoms with Gasteiger partial charge in [0.1, 0.15) is 0 Å². The molecule has 4 heteroatoms. The van der Waals surface area contributed by atoms with Crippen molar-refractivity contribution in [1.29, 1.82) is 0 Å². The maximum atomic E-state index is 12.6. The fraction of sp³-hybridized carbons (Fsp3) is 0.600. The quantitative estimate of drug-likeness (QED) is 0.918. The van der Waals surface area contributed by atoms with E-state index in [1.807, 2.05) is 30.1 Å². The summed E-state index contributed by atoms with van der Waals surface area (Å²) < 4.78 is 0. The van der Waals surface area contributed by atoms with Crippen LogP contribution in [-0.4, -0.2) is 29.8 Å². The van der Waals surface area contributed by atoms with Crippen molar-refractivity contribution in [2.45, 2.75) is 57.9 Å². The Balaban J connectivity index is 1.55. The van der Waals surface area contributed by atoms with Gasteiger partial charge in [0.2, 0.25) is 11.8 Å². The highest BCUT2D eigenvalue weighted by Gasteiger charge is 2.30. The predicted molar refractivity (Wildman–Crippen MR) is 95.7 cm³/mol. The lowest BCUT2D eigenvalue weighted by atomic mass is 9.84. The third-order valence-corrected chi connectivity index (χ3v) is 5.78. The van der Waals surface area contributed by atoms with Crippen LogP contribution in [0, 0.1) is 11.8 Å². The highest BCUT2D eigenvalue weighted by Crippen LogP contribution is 2.30. The maximum absolute atomic E-state index is 12.6. The average Bonchev–Trinajstić information content (AvgIpc) is 2.59. The van der Waals surface area contributed by atoms with Crippen LogP contribution < -0.4 is 5.32 Å². The number of amides is 2. The van der Waals surface area contributed by atoms with Gasteiger partial charge in [0.05, 0.1) is 0 Å². The van der Waals surface area contributed by atoms with E-state index < -0.39 is 0 Å². The number of benzene rings is 1. The number of carbonyl (C=O) groups excluding carboxylic acids is 2. The van der Waals surface area contributed by atoms with Crippen LogP contribution in [0.2, 0.25) is 0 Å². The molecule has 3 atom stereocenters. The average molecular weight is 328 g/mol. The van der Waals surface area contributed by atoms with E-state index in [9.17, 15) is 9.59 Å². The van der Waals surface area contributed by atoms with E-state index in [0.717, 1.165) is 18.5 Å². The van der Waals surface area contributed by atoms with Crippen molar-refractivity contribution in [3.63, 3.8) is 0 Å². The van der Waals surface area contributed by atoms with Gasteiger partial charge in [-0.3, -0.25) is 9.59 Å². The molecule has 1 aliphatic heterocycles. The number of nitrogens with one attached hydrogen (secondary N) is 1. The number of para-hydroxylation sites is 1. The number of rotatable bonds is 4. The molecule has 0 bridgehead atoms. The summed E-state index contributed by atoms with van der Waals surface area (Å²) in [6, 6.07) is 8.29. The molecular weight excluding hydrogens is 300 g/mol. The Kier molecular flexibility index (Phi) is 5.22. The Labute approximate surface area is 144 Å². The Morgan fingerprint density at radius 2 is 2.00 bits per heavy atom. The van der Waals surface area contributed by atoms with Crippen LogP contribution in [-0.2, 0) is 16.0 Å². The van der Waals surface area contributed by atoms with Gasteiger partial charge >= 0.3 is 0 Å². The number of hydrogen-bond donors (Lipinski definition) is 1. The number of hydrogen-bond acceptors (Lipinski definition) is 2. The van der Waals surface area contributed by atoms with Crippen LogP contribution >= 0.6 is 0 Å². The highest BCUT2D eigenvalue weighted by atomic mass is 16.2. The summed E-state index contributed by atoms with van der Waals surface area (Å²) in [6.45, 7) is 2.25. The van der Waals surface area contributed by atoms with E-state index in [0.29, 0.717) is 24.8 Å². The van der Waals surface area contributed by atoms with Gasteiger partial charge in [0.25, 0.3) is 0 Å². The van der Waals surface area contributed by atoms with E-state index in [1.54, 1.807) is 0 Å². The summed E-state index contributed by atoms with van der Waals surface area (Å²) in [5.74, 6) is 0.717. The fourth-order valence-corrected chi connectivity index (χ4v) is 4.18. The molecular formula is C20H28N2O2. The summed E-state index contributed by atoms with van der Waals surface area (Å²) in [5, 5.41) is 2.97. The van der Waals surface area contributed by atoms with Crippen molar-refractivity contribution in [2.24, 2.45) is 11.8 Å². The second kappa shape index (κ2) is 7.37. The standard InChI is InChI=1S/C20H28N2O2/c1-14-7-3-6-10-18(14)22(2)19(23)12-11-16-13-15-8-4-5-9-17(15)21-20(16)24/h4-5,8-9,14,16,18H,3,6-7,10-13H2,1-2H3,(H,21,24). The second-order valence-corrected chi connectivity index (χ2v) is 7.42. The molecule has 0 aromatic heterocycles. The van der Waals surface area contributed by atoms with Gasteiger partial charge in [-0.15, -0.1) is 0 Å². The van der Waals surface area contributed by atoms with Crippen molar-refractivity contribution in [3.05, 3.63) is 29.8 Å². The Hall–Kier alpha value is -1.84. The molecule has 1 saturated carbocycles. The van der Waals surface area contributed by atoms with Gasteiger partial charge in [0.15, 0.2) is 0 Å². The third-order valence-electron chi connectivity index (χ3n) is 5.78. The molecule has 3 rings (SSSR count). The molecule has 1 fully saturated rings. The van der Waals surface area contributed by atoms with E-state index in [-0.39, 0.29) is 17.7 Å². The zero-order chi connectivity index (χ0) is 17.1. The van der Waals surface area contributed by atoms with Gasteiger partial charge in [0, 0.05) is 31.1 Å². The zero-order valence-corrected chi connectivity index (χ0v) is 14.8. The van der Waals surface area contributed by atoms with Crippen LogP contribution in [0.15, 0.2) is 24.3 Å². The first kappa shape index (κ1) is 17.0. The lowest BCUT2D eigenvalue weighted by molar-refractivity contribution is -0.134. The molecule has 1 aromatic rings. The molecule has 0 spiro atoms. The van der Waals surface area contributed by atoms with E-state index in [4.69, 9.17) is 0 Å². The molecule has 4 nitrogen and oxygen atoms in total. The van der Waals surface area contributed by atoms with E-state index >= 15 is 0 Å². The van der Waals surface area contributed by atoms with Crippen LogP contribution in [0.25, 0.3) is 0 Å². The van der Waals surface area contributed by atoms with Gasteiger partial charge in [-0.2, -0.15) is 0 Å². The van der Waals surface area contributed by atoms with Crippen molar-refractivity contribution >= 4 is 17.5 Å². The molecule has 0 saturated heterocycles. The van der Waals surface area contributed by atoms with Crippen LogP contribution in [0.3, 0.4) is 0 Å². The highest BCUT2D eigenvalue weighted by molar-refractivity contribution is 5.96. The van der Waals surface area contributed by atoms with Crippen LogP contribution in [0.4, 0.5) is 5.69 Å². The minimum atomic E-state index is -0.0963. The lowest BCUT2D eigenvalue weighted by Gasteiger charge is -2.36.